The second-order valence-corrected chi connectivity index (χ2v) is 6.18. The van der Waals surface area contributed by atoms with Crippen LogP contribution in [-0.2, 0) is 0 Å². The lowest BCUT2D eigenvalue weighted by Crippen LogP contribution is -1.94. The van der Waals surface area contributed by atoms with Gasteiger partial charge in [0, 0.05) is 9.50 Å². The third-order valence-electron chi connectivity index (χ3n) is 2.60. The van der Waals surface area contributed by atoms with Gasteiger partial charge in [-0.1, -0.05) is 73.3 Å². The maximum atomic E-state index is 6.22. The van der Waals surface area contributed by atoms with Gasteiger partial charge in [0.1, 0.15) is 0 Å². The Balaban J connectivity index is 2.39. The first-order chi connectivity index (χ1) is 8.08. The molecule has 0 fully saturated rings. The van der Waals surface area contributed by atoms with Crippen LogP contribution in [0.15, 0.2) is 46.9 Å². The summed E-state index contributed by atoms with van der Waals surface area (Å²) in [5, 5.41) is 0.774. The van der Waals surface area contributed by atoms with Crippen molar-refractivity contribution in [2.75, 3.05) is 0 Å². The Morgan fingerprint density at radius 1 is 1.06 bits per heavy atom. The summed E-state index contributed by atoms with van der Waals surface area (Å²) in [5.74, 6) is 0. The second-order valence-electron chi connectivity index (χ2n) is 3.94. The van der Waals surface area contributed by atoms with Crippen molar-refractivity contribution in [3.63, 3.8) is 0 Å². The van der Waals surface area contributed by atoms with E-state index < -0.39 is 0 Å². The van der Waals surface area contributed by atoms with E-state index in [1.54, 1.807) is 0 Å². The van der Waals surface area contributed by atoms with Crippen molar-refractivity contribution in [2.24, 2.45) is 0 Å². The molecule has 0 nitrogen and oxygen atoms in total. The number of hydrogen-bond acceptors (Lipinski definition) is 0. The molecule has 2 aromatic carbocycles. The van der Waals surface area contributed by atoms with Gasteiger partial charge in [-0.25, -0.2) is 0 Å². The molecule has 0 aliphatic heterocycles. The van der Waals surface area contributed by atoms with Gasteiger partial charge in [-0.05, 0) is 36.2 Å². The van der Waals surface area contributed by atoms with Gasteiger partial charge < -0.3 is 0 Å². The second kappa shape index (κ2) is 5.55. The summed E-state index contributed by atoms with van der Waals surface area (Å²) in [6.07, 6.45) is 0. The van der Waals surface area contributed by atoms with Crippen molar-refractivity contribution in [1.82, 2.24) is 0 Å². The summed E-state index contributed by atoms with van der Waals surface area (Å²) < 4.78 is 1.04. The molecule has 0 aromatic heterocycles. The highest BCUT2D eigenvalue weighted by Crippen LogP contribution is 2.36. The summed E-state index contributed by atoms with van der Waals surface area (Å²) in [6, 6.07) is 14.3. The van der Waals surface area contributed by atoms with Gasteiger partial charge in [-0.3, -0.25) is 0 Å². The Kier molecular flexibility index (Phi) is 4.29. The Morgan fingerprint density at radius 2 is 1.71 bits per heavy atom. The summed E-state index contributed by atoms with van der Waals surface area (Å²) in [7, 11) is 0. The van der Waals surface area contributed by atoms with Gasteiger partial charge in [0.15, 0.2) is 0 Å². The maximum Gasteiger partial charge on any atom is 0.0659 e. The maximum absolute atomic E-state index is 6.22. The molecule has 0 amide bonds. The number of aryl methyl sites for hydroxylation is 1. The fourth-order valence-corrected chi connectivity index (χ4v) is 3.05. The number of hydrogen-bond donors (Lipinski definition) is 0. The van der Waals surface area contributed by atoms with Crippen molar-refractivity contribution in [3.8, 4) is 0 Å². The third kappa shape index (κ3) is 3.12. The van der Waals surface area contributed by atoms with Crippen molar-refractivity contribution in [3.05, 3.63) is 68.7 Å². The molecule has 1 atom stereocenters. The lowest BCUT2D eigenvalue weighted by Gasteiger charge is -2.13. The predicted octanol–water partition coefficient (Wildman–Crippen LogP) is 5.90. The molecule has 0 heterocycles. The van der Waals surface area contributed by atoms with E-state index in [0.717, 1.165) is 15.1 Å². The van der Waals surface area contributed by atoms with E-state index in [1.165, 1.54) is 11.1 Å². The zero-order valence-corrected chi connectivity index (χ0v) is 13.2. The van der Waals surface area contributed by atoms with Gasteiger partial charge in [0.05, 0.1) is 4.83 Å². The first kappa shape index (κ1) is 13.1. The van der Waals surface area contributed by atoms with Gasteiger partial charge in [-0.15, -0.1) is 0 Å². The largest absolute Gasteiger partial charge is 0.0840 e. The molecule has 1 unspecified atom stereocenters. The Hall–Kier alpha value is -0.310. The Labute approximate surface area is 123 Å². The summed E-state index contributed by atoms with van der Waals surface area (Å²) in [6.45, 7) is 2.08. The average molecular weight is 375 g/mol. The molecule has 0 bridgehead atoms. The Morgan fingerprint density at radius 3 is 2.35 bits per heavy atom. The molecule has 0 aliphatic rings. The number of halogens is 3. The van der Waals surface area contributed by atoms with Crippen molar-refractivity contribution < 1.29 is 0 Å². The molecule has 0 saturated heterocycles. The van der Waals surface area contributed by atoms with Gasteiger partial charge in [-0.2, -0.15) is 0 Å². The standard InChI is InChI=1S/C14H11Br2Cl/c1-9-2-4-10(5-3-9)14(16)12-8-11(15)6-7-13(12)17/h2-8,14H,1H3. The molecular weight excluding hydrogens is 363 g/mol. The average Bonchev–Trinajstić information content (AvgIpc) is 2.32. The molecule has 0 radical (unpaired) electrons. The summed E-state index contributed by atoms with van der Waals surface area (Å²) in [4.78, 5) is 0.119. The highest BCUT2D eigenvalue weighted by molar-refractivity contribution is 9.10. The van der Waals surface area contributed by atoms with Crippen molar-refractivity contribution >= 4 is 43.5 Å². The van der Waals surface area contributed by atoms with Crippen LogP contribution in [0.25, 0.3) is 0 Å². The van der Waals surface area contributed by atoms with E-state index in [9.17, 15) is 0 Å². The van der Waals surface area contributed by atoms with Gasteiger partial charge in [0.25, 0.3) is 0 Å². The van der Waals surface area contributed by atoms with E-state index in [4.69, 9.17) is 11.6 Å². The van der Waals surface area contributed by atoms with E-state index in [-0.39, 0.29) is 4.83 Å². The van der Waals surface area contributed by atoms with Crippen molar-refractivity contribution in [2.45, 2.75) is 11.8 Å². The van der Waals surface area contributed by atoms with E-state index in [1.807, 2.05) is 18.2 Å². The highest BCUT2D eigenvalue weighted by Gasteiger charge is 2.13. The molecule has 2 aromatic rings. The van der Waals surface area contributed by atoms with Crippen LogP contribution >= 0.6 is 43.5 Å². The smallest absolute Gasteiger partial charge is 0.0659 e. The van der Waals surface area contributed by atoms with Crippen LogP contribution < -0.4 is 0 Å². The molecule has 2 rings (SSSR count). The molecular formula is C14H11Br2Cl. The normalized spacial score (nSPS) is 12.5. The van der Waals surface area contributed by atoms with Crippen LogP contribution in [0.1, 0.15) is 21.5 Å². The van der Waals surface area contributed by atoms with Crippen LogP contribution in [0, 0.1) is 6.92 Å². The SMILES string of the molecule is Cc1ccc(C(Br)c2cc(Br)ccc2Cl)cc1. The van der Waals surface area contributed by atoms with Crippen LogP contribution in [0.3, 0.4) is 0 Å². The summed E-state index contributed by atoms with van der Waals surface area (Å²) in [5.41, 5.74) is 3.54. The topological polar surface area (TPSA) is 0 Å². The Bertz CT molecular complexity index is 520. The van der Waals surface area contributed by atoms with Gasteiger partial charge in [0.2, 0.25) is 0 Å². The van der Waals surface area contributed by atoms with E-state index in [0.29, 0.717) is 0 Å². The molecule has 3 heteroatoms. The monoisotopic (exact) mass is 372 g/mol. The lowest BCUT2D eigenvalue weighted by molar-refractivity contribution is 1.17. The van der Waals surface area contributed by atoms with Crippen LogP contribution in [0.2, 0.25) is 5.02 Å². The van der Waals surface area contributed by atoms with E-state index >= 15 is 0 Å². The summed E-state index contributed by atoms with van der Waals surface area (Å²) >= 11 is 13.4. The molecule has 0 aliphatic carbocycles. The first-order valence-electron chi connectivity index (χ1n) is 5.23. The highest BCUT2D eigenvalue weighted by atomic mass is 79.9. The van der Waals surface area contributed by atoms with Crippen molar-refractivity contribution in [1.29, 1.82) is 0 Å². The molecule has 88 valence electrons. The van der Waals surface area contributed by atoms with Crippen LogP contribution in [-0.4, -0.2) is 0 Å². The molecule has 0 N–H and O–H groups in total. The number of rotatable bonds is 2. The van der Waals surface area contributed by atoms with Crippen LogP contribution in [0.4, 0.5) is 0 Å². The number of benzene rings is 2. The predicted molar refractivity (Wildman–Crippen MR) is 81.1 cm³/mol. The molecule has 0 spiro atoms. The quantitative estimate of drug-likeness (QED) is 0.575. The number of alkyl halides is 1. The fourth-order valence-electron chi connectivity index (χ4n) is 1.62. The molecule has 17 heavy (non-hydrogen) atoms. The zero-order valence-electron chi connectivity index (χ0n) is 9.25. The zero-order chi connectivity index (χ0) is 12.4. The fraction of sp³-hybridized carbons (Fsp3) is 0.143. The minimum absolute atomic E-state index is 0.119. The lowest BCUT2D eigenvalue weighted by atomic mass is 10.0. The third-order valence-corrected chi connectivity index (χ3v) is 4.46. The van der Waals surface area contributed by atoms with E-state index in [2.05, 4.69) is 63.0 Å². The first-order valence-corrected chi connectivity index (χ1v) is 7.32. The minimum atomic E-state index is 0.119. The molecule has 0 saturated carbocycles. The minimum Gasteiger partial charge on any atom is -0.0840 e. The van der Waals surface area contributed by atoms with Crippen LogP contribution in [0.5, 0.6) is 0 Å². The van der Waals surface area contributed by atoms with Gasteiger partial charge >= 0.3 is 0 Å².